The number of hydrogen-bond donors (Lipinski definition) is 1. The summed E-state index contributed by atoms with van der Waals surface area (Å²) in [6.45, 7) is 1.56. The van der Waals surface area contributed by atoms with Crippen molar-refractivity contribution in [2.45, 2.75) is 19.3 Å². The minimum Gasteiger partial charge on any atom is -0.493 e. The van der Waals surface area contributed by atoms with Crippen LogP contribution in [0.1, 0.15) is 18.4 Å². The van der Waals surface area contributed by atoms with Crippen LogP contribution in [0.25, 0.3) is 0 Å². The van der Waals surface area contributed by atoms with E-state index in [1.54, 1.807) is 14.2 Å². The predicted molar refractivity (Wildman–Crippen MR) is 84.0 cm³/mol. The van der Waals surface area contributed by atoms with E-state index in [2.05, 4.69) is 5.32 Å². The van der Waals surface area contributed by atoms with E-state index in [0.29, 0.717) is 13.0 Å². The maximum Gasteiger partial charge on any atom is 0.220 e. The van der Waals surface area contributed by atoms with Crippen LogP contribution in [0, 0.1) is 0 Å². The second-order valence-electron chi connectivity index (χ2n) is 5.20. The molecule has 1 aromatic carbocycles. The van der Waals surface area contributed by atoms with Crippen molar-refractivity contribution in [1.82, 2.24) is 10.2 Å². The van der Waals surface area contributed by atoms with Gasteiger partial charge in [0.2, 0.25) is 5.91 Å². The number of nitrogens with one attached hydrogen (secondary N) is 1. The number of rotatable bonds is 9. The molecule has 0 radical (unpaired) electrons. The molecule has 1 amide bonds. The van der Waals surface area contributed by atoms with Gasteiger partial charge in [-0.25, -0.2) is 0 Å². The molecule has 0 aliphatic carbocycles. The normalized spacial score (nSPS) is 10.5. The Morgan fingerprint density at radius 2 is 1.90 bits per heavy atom. The first kappa shape index (κ1) is 17.3. The summed E-state index contributed by atoms with van der Waals surface area (Å²) in [4.78, 5) is 13.7. The number of hydrogen-bond acceptors (Lipinski definition) is 4. The van der Waals surface area contributed by atoms with Crippen LogP contribution < -0.4 is 14.8 Å². The molecule has 0 fully saturated rings. The highest BCUT2D eigenvalue weighted by molar-refractivity contribution is 5.75. The first-order valence-electron chi connectivity index (χ1n) is 7.19. The lowest BCUT2D eigenvalue weighted by Crippen LogP contribution is -2.31. The van der Waals surface area contributed by atoms with Gasteiger partial charge in [-0.05, 0) is 44.6 Å². The van der Waals surface area contributed by atoms with Crippen molar-refractivity contribution in [2.24, 2.45) is 0 Å². The number of nitrogens with zero attached hydrogens (tertiary/aromatic N) is 1. The predicted octanol–water partition coefficient (Wildman–Crippen LogP) is 1.70. The van der Waals surface area contributed by atoms with E-state index in [0.717, 1.165) is 36.4 Å². The Hall–Kier alpha value is -1.75. The zero-order chi connectivity index (χ0) is 15.7. The lowest BCUT2D eigenvalue weighted by atomic mass is 10.1. The van der Waals surface area contributed by atoms with Gasteiger partial charge in [-0.2, -0.15) is 0 Å². The van der Waals surface area contributed by atoms with Crippen molar-refractivity contribution < 1.29 is 14.3 Å². The Morgan fingerprint density at radius 3 is 2.52 bits per heavy atom. The van der Waals surface area contributed by atoms with Crippen LogP contribution in [0.5, 0.6) is 11.5 Å². The third kappa shape index (κ3) is 6.49. The molecule has 0 spiro atoms. The largest absolute Gasteiger partial charge is 0.493 e. The second kappa shape index (κ2) is 9.23. The van der Waals surface area contributed by atoms with Crippen LogP contribution in [0.3, 0.4) is 0 Å². The first-order chi connectivity index (χ1) is 10.1. The van der Waals surface area contributed by atoms with Gasteiger partial charge < -0.3 is 19.7 Å². The van der Waals surface area contributed by atoms with Crippen molar-refractivity contribution in [3.63, 3.8) is 0 Å². The molecule has 1 N–H and O–H groups in total. The van der Waals surface area contributed by atoms with Gasteiger partial charge >= 0.3 is 0 Å². The van der Waals surface area contributed by atoms with Crippen molar-refractivity contribution >= 4 is 5.91 Å². The number of carbonyl (C=O) groups excluding carboxylic acids is 1. The molecule has 0 heterocycles. The number of benzene rings is 1. The van der Waals surface area contributed by atoms with Crippen LogP contribution in [-0.4, -0.2) is 52.2 Å². The van der Waals surface area contributed by atoms with E-state index >= 15 is 0 Å². The maximum absolute atomic E-state index is 11.7. The third-order valence-corrected chi connectivity index (χ3v) is 3.20. The lowest BCUT2D eigenvalue weighted by Gasteiger charge is -2.11. The van der Waals surface area contributed by atoms with Crippen molar-refractivity contribution in [1.29, 1.82) is 0 Å². The zero-order valence-electron chi connectivity index (χ0n) is 13.4. The molecule has 1 aromatic rings. The highest BCUT2D eigenvalue weighted by Crippen LogP contribution is 2.28. The Kier molecular flexibility index (Phi) is 7.61. The molecule has 0 aromatic heterocycles. The first-order valence-corrected chi connectivity index (χ1v) is 7.19. The standard InChI is InChI=1S/C16H26N2O3/c1-18(2)11-10-17-16(19)7-5-6-13-8-9-14(20-3)15(12-13)21-4/h8-9,12H,5-7,10-11H2,1-4H3,(H,17,19). The molecule has 0 bridgehead atoms. The monoisotopic (exact) mass is 294 g/mol. The number of carbonyl (C=O) groups is 1. The van der Waals surface area contributed by atoms with Crippen LogP contribution in [0.15, 0.2) is 18.2 Å². The number of likely N-dealkylation sites (N-methyl/N-ethyl adjacent to an activating group) is 1. The fourth-order valence-electron chi connectivity index (χ4n) is 2.00. The number of ether oxygens (including phenoxy) is 2. The Morgan fingerprint density at radius 1 is 1.19 bits per heavy atom. The van der Waals surface area contributed by atoms with Crippen molar-refractivity contribution in [3.8, 4) is 11.5 Å². The quantitative estimate of drug-likeness (QED) is 0.753. The van der Waals surface area contributed by atoms with Crippen molar-refractivity contribution in [3.05, 3.63) is 23.8 Å². The van der Waals surface area contributed by atoms with E-state index < -0.39 is 0 Å². The van der Waals surface area contributed by atoms with E-state index in [-0.39, 0.29) is 5.91 Å². The topological polar surface area (TPSA) is 50.8 Å². The highest BCUT2D eigenvalue weighted by atomic mass is 16.5. The molecule has 21 heavy (non-hydrogen) atoms. The Labute approximate surface area is 127 Å². The molecule has 0 aliphatic heterocycles. The number of aryl methyl sites for hydroxylation is 1. The van der Waals surface area contributed by atoms with Gasteiger partial charge in [0.1, 0.15) is 0 Å². The van der Waals surface area contributed by atoms with Crippen molar-refractivity contribution in [2.75, 3.05) is 41.4 Å². The molecular formula is C16H26N2O3. The summed E-state index contributed by atoms with van der Waals surface area (Å²) < 4.78 is 10.5. The van der Waals surface area contributed by atoms with Gasteiger partial charge in [-0.15, -0.1) is 0 Å². The molecule has 0 saturated carbocycles. The molecule has 0 unspecified atom stereocenters. The van der Waals surface area contributed by atoms with Gasteiger partial charge in [0.15, 0.2) is 11.5 Å². The summed E-state index contributed by atoms with van der Waals surface area (Å²) in [5.74, 6) is 1.56. The maximum atomic E-state index is 11.7. The van der Waals surface area contributed by atoms with E-state index in [9.17, 15) is 4.79 Å². The average Bonchev–Trinajstić information content (AvgIpc) is 2.46. The molecule has 5 nitrogen and oxygen atoms in total. The fourth-order valence-corrected chi connectivity index (χ4v) is 2.00. The van der Waals surface area contributed by atoms with Gasteiger partial charge in [0.05, 0.1) is 14.2 Å². The average molecular weight is 294 g/mol. The fraction of sp³-hybridized carbons (Fsp3) is 0.562. The van der Waals surface area contributed by atoms with E-state index in [1.165, 1.54) is 0 Å². The van der Waals surface area contributed by atoms with Crippen LogP contribution in [0.2, 0.25) is 0 Å². The highest BCUT2D eigenvalue weighted by Gasteiger charge is 2.06. The van der Waals surface area contributed by atoms with Crippen LogP contribution in [0.4, 0.5) is 0 Å². The minimum absolute atomic E-state index is 0.109. The minimum atomic E-state index is 0.109. The molecule has 0 atom stereocenters. The summed E-state index contributed by atoms with van der Waals surface area (Å²) >= 11 is 0. The SMILES string of the molecule is COc1ccc(CCCC(=O)NCCN(C)C)cc1OC. The van der Waals surface area contributed by atoms with E-state index in [1.807, 2.05) is 37.2 Å². The lowest BCUT2D eigenvalue weighted by molar-refractivity contribution is -0.121. The molecule has 118 valence electrons. The van der Waals surface area contributed by atoms with Gasteiger partial charge in [0.25, 0.3) is 0 Å². The van der Waals surface area contributed by atoms with E-state index in [4.69, 9.17) is 9.47 Å². The van der Waals surface area contributed by atoms with Crippen LogP contribution in [-0.2, 0) is 11.2 Å². The Bertz CT molecular complexity index is 447. The number of methoxy groups -OCH3 is 2. The summed E-state index contributed by atoms with van der Waals surface area (Å²) in [6.07, 6.45) is 2.21. The summed E-state index contributed by atoms with van der Waals surface area (Å²) in [6, 6.07) is 5.86. The van der Waals surface area contributed by atoms with Crippen LogP contribution >= 0.6 is 0 Å². The van der Waals surface area contributed by atoms with Gasteiger partial charge in [0, 0.05) is 19.5 Å². The summed E-state index contributed by atoms with van der Waals surface area (Å²) in [5.41, 5.74) is 1.15. The third-order valence-electron chi connectivity index (χ3n) is 3.20. The Balaban J connectivity index is 2.33. The second-order valence-corrected chi connectivity index (χ2v) is 5.20. The summed E-state index contributed by atoms with van der Waals surface area (Å²) in [5, 5.41) is 2.92. The molecular weight excluding hydrogens is 268 g/mol. The zero-order valence-corrected chi connectivity index (χ0v) is 13.4. The molecule has 5 heteroatoms. The van der Waals surface area contributed by atoms with Gasteiger partial charge in [-0.3, -0.25) is 4.79 Å². The van der Waals surface area contributed by atoms with Gasteiger partial charge in [-0.1, -0.05) is 6.07 Å². The molecule has 0 saturated heterocycles. The molecule has 0 aliphatic rings. The molecule has 1 rings (SSSR count). The smallest absolute Gasteiger partial charge is 0.220 e. The summed E-state index contributed by atoms with van der Waals surface area (Å²) in [7, 11) is 7.22. The number of amides is 1.